The third-order valence-electron chi connectivity index (χ3n) is 4.49. The van der Waals surface area contributed by atoms with Crippen LogP contribution in [0.5, 0.6) is 0 Å². The first-order valence-corrected chi connectivity index (χ1v) is 10.4. The van der Waals surface area contributed by atoms with Crippen molar-refractivity contribution in [2.75, 3.05) is 5.32 Å². The number of rotatable bonds is 6. The Morgan fingerprint density at radius 3 is 2.60 bits per heavy atom. The summed E-state index contributed by atoms with van der Waals surface area (Å²) >= 11 is 7.38. The zero-order valence-corrected chi connectivity index (χ0v) is 17.8. The van der Waals surface area contributed by atoms with Crippen molar-refractivity contribution in [1.29, 1.82) is 0 Å². The van der Waals surface area contributed by atoms with Gasteiger partial charge in [-0.25, -0.2) is 0 Å². The predicted molar refractivity (Wildman–Crippen MR) is 117 cm³/mol. The van der Waals surface area contributed by atoms with Crippen LogP contribution in [0.1, 0.15) is 22.1 Å². The Hall–Kier alpha value is -3.03. The van der Waals surface area contributed by atoms with Crippen LogP contribution >= 0.6 is 23.4 Å². The van der Waals surface area contributed by atoms with E-state index in [2.05, 4.69) is 15.5 Å². The molecule has 0 bridgehead atoms. The molecule has 152 valence electrons. The molecule has 0 unspecified atom stereocenters. The van der Waals surface area contributed by atoms with Crippen LogP contribution in [0.25, 0.3) is 11.5 Å². The molecule has 4 aromatic rings. The molecule has 0 radical (unpaired) electrons. The van der Waals surface area contributed by atoms with E-state index in [0.29, 0.717) is 22.4 Å². The third-order valence-corrected chi connectivity index (χ3v) is 5.99. The molecule has 0 saturated carbocycles. The fraction of sp³-hybridized carbons (Fsp3) is 0.136. The molecule has 0 aliphatic rings. The minimum absolute atomic E-state index is 0.217. The average Bonchev–Trinajstić information content (AvgIpc) is 3.38. The highest BCUT2D eigenvalue weighted by atomic mass is 35.5. The largest absolute Gasteiger partial charge is 0.469 e. The number of benzene rings is 2. The van der Waals surface area contributed by atoms with Crippen LogP contribution in [-0.2, 0) is 4.79 Å². The van der Waals surface area contributed by atoms with E-state index < -0.39 is 5.25 Å². The quantitative estimate of drug-likeness (QED) is 0.367. The van der Waals surface area contributed by atoms with Gasteiger partial charge < -0.3 is 14.2 Å². The van der Waals surface area contributed by atoms with Gasteiger partial charge in [0, 0.05) is 10.7 Å². The van der Waals surface area contributed by atoms with Gasteiger partial charge in [-0.05, 0) is 54.9 Å². The van der Waals surface area contributed by atoms with E-state index in [-0.39, 0.29) is 11.1 Å². The Morgan fingerprint density at radius 2 is 1.90 bits per heavy atom. The van der Waals surface area contributed by atoms with Gasteiger partial charge in [0.05, 0.1) is 11.8 Å². The number of aryl methyl sites for hydroxylation is 2. The second-order valence-corrected chi connectivity index (χ2v) is 8.09. The number of hydrogen-bond donors (Lipinski definition) is 1. The molecule has 2 heterocycles. The van der Waals surface area contributed by atoms with Gasteiger partial charge in [0.15, 0.2) is 0 Å². The summed E-state index contributed by atoms with van der Waals surface area (Å²) < 4.78 is 11.1. The molecule has 4 rings (SSSR count). The van der Waals surface area contributed by atoms with Crippen molar-refractivity contribution in [3.05, 3.63) is 82.8 Å². The van der Waals surface area contributed by atoms with E-state index >= 15 is 0 Å². The highest BCUT2D eigenvalue weighted by Crippen LogP contribution is 2.37. The van der Waals surface area contributed by atoms with Gasteiger partial charge in [-0.3, -0.25) is 4.79 Å². The van der Waals surface area contributed by atoms with Crippen molar-refractivity contribution in [2.24, 2.45) is 0 Å². The van der Waals surface area contributed by atoms with Gasteiger partial charge >= 0.3 is 0 Å². The molecule has 0 aliphatic carbocycles. The summed E-state index contributed by atoms with van der Waals surface area (Å²) in [6.45, 7) is 3.73. The standard InChI is InChI=1S/C22H18ClN3O3S/c1-13-8-9-16(12-18(13)23)24-20(27)19(15-6-4-3-5-7-15)30-22-26-25-21(29-22)17-10-11-28-14(17)2/h3-12,19H,1-2H3,(H,24,27)/t19-/m0/s1. The lowest BCUT2D eigenvalue weighted by atomic mass is 10.1. The van der Waals surface area contributed by atoms with Crippen LogP contribution in [0.2, 0.25) is 5.02 Å². The molecule has 0 fully saturated rings. The van der Waals surface area contributed by atoms with Crippen LogP contribution in [-0.4, -0.2) is 16.1 Å². The molecule has 0 aliphatic heterocycles. The number of carbonyl (C=O) groups excluding carboxylic acids is 1. The summed E-state index contributed by atoms with van der Waals surface area (Å²) in [7, 11) is 0. The zero-order valence-electron chi connectivity index (χ0n) is 16.3. The molecule has 0 spiro atoms. The third kappa shape index (κ3) is 4.42. The maximum Gasteiger partial charge on any atom is 0.277 e. The van der Waals surface area contributed by atoms with Gasteiger partial charge in [-0.1, -0.05) is 48.0 Å². The van der Waals surface area contributed by atoms with Crippen molar-refractivity contribution in [2.45, 2.75) is 24.3 Å². The molecule has 1 N–H and O–H groups in total. The van der Waals surface area contributed by atoms with Crippen LogP contribution in [0.3, 0.4) is 0 Å². The zero-order chi connectivity index (χ0) is 21.1. The maximum absolute atomic E-state index is 13.1. The predicted octanol–water partition coefficient (Wildman–Crippen LogP) is 6.07. The van der Waals surface area contributed by atoms with Crippen molar-refractivity contribution in [1.82, 2.24) is 10.2 Å². The molecule has 6 nitrogen and oxygen atoms in total. The molecule has 1 amide bonds. The van der Waals surface area contributed by atoms with Gasteiger partial charge in [-0.15, -0.1) is 10.2 Å². The second-order valence-electron chi connectivity index (χ2n) is 6.63. The Bertz CT molecular complexity index is 1170. The average molecular weight is 440 g/mol. The fourth-order valence-corrected chi connectivity index (χ4v) is 3.91. The normalized spacial score (nSPS) is 12.0. The van der Waals surface area contributed by atoms with Crippen molar-refractivity contribution < 1.29 is 13.6 Å². The van der Waals surface area contributed by atoms with Gasteiger partial charge in [0.1, 0.15) is 11.0 Å². The van der Waals surface area contributed by atoms with Crippen molar-refractivity contribution in [3.63, 3.8) is 0 Å². The first-order valence-electron chi connectivity index (χ1n) is 9.18. The molecule has 1 atom stereocenters. The van der Waals surface area contributed by atoms with E-state index in [1.165, 1.54) is 11.8 Å². The summed E-state index contributed by atoms with van der Waals surface area (Å²) in [6.07, 6.45) is 1.56. The highest BCUT2D eigenvalue weighted by molar-refractivity contribution is 8.00. The Labute approximate surface area is 182 Å². The highest BCUT2D eigenvalue weighted by Gasteiger charge is 2.25. The molecule has 2 aromatic carbocycles. The summed E-state index contributed by atoms with van der Waals surface area (Å²) in [4.78, 5) is 13.1. The number of halogens is 1. The fourth-order valence-electron chi connectivity index (χ4n) is 2.85. The van der Waals surface area contributed by atoms with E-state index in [1.807, 2.05) is 56.3 Å². The number of nitrogens with one attached hydrogen (secondary N) is 1. The Morgan fingerprint density at radius 1 is 1.10 bits per heavy atom. The lowest BCUT2D eigenvalue weighted by Gasteiger charge is -2.15. The minimum atomic E-state index is -0.593. The van der Waals surface area contributed by atoms with E-state index in [9.17, 15) is 4.79 Å². The molecule has 30 heavy (non-hydrogen) atoms. The number of amides is 1. The molecular weight excluding hydrogens is 422 g/mol. The number of furan rings is 1. The number of hydrogen-bond acceptors (Lipinski definition) is 6. The summed E-state index contributed by atoms with van der Waals surface area (Å²) in [5, 5.41) is 11.4. The summed E-state index contributed by atoms with van der Waals surface area (Å²) in [5.74, 6) is 0.815. The number of aromatic nitrogens is 2. The maximum atomic E-state index is 13.1. The van der Waals surface area contributed by atoms with Gasteiger partial charge in [-0.2, -0.15) is 0 Å². The van der Waals surface area contributed by atoms with Crippen LogP contribution < -0.4 is 5.32 Å². The number of anilines is 1. The van der Waals surface area contributed by atoms with Crippen molar-refractivity contribution >= 4 is 35.0 Å². The molecule has 8 heteroatoms. The number of nitrogens with zero attached hydrogens (tertiary/aromatic N) is 2. The topological polar surface area (TPSA) is 81.2 Å². The summed E-state index contributed by atoms with van der Waals surface area (Å²) in [6, 6.07) is 16.6. The first-order chi connectivity index (χ1) is 14.5. The SMILES string of the molecule is Cc1ccc(NC(=O)[C@@H](Sc2nnc(-c3ccoc3C)o2)c2ccccc2)cc1Cl. The van der Waals surface area contributed by atoms with Crippen LogP contribution in [0.4, 0.5) is 5.69 Å². The van der Waals surface area contributed by atoms with Crippen LogP contribution in [0, 0.1) is 13.8 Å². The number of carbonyl (C=O) groups is 1. The van der Waals surface area contributed by atoms with Gasteiger partial charge in [0.2, 0.25) is 5.91 Å². The van der Waals surface area contributed by atoms with E-state index in [0.717, 1.165) is 16.7 Å². The minimum Gasteiger partial charge on any atom is -0.469 e. The number of thioether (sulfide) groups is 1. The monoisotopic (exact) mass is 439 g/mol. The second kappa shape index (κ2) is 8.77. The Balaban J connectivity index is 1.59. The first kappa shape index (κ1) is 20.3. The van der Waals surface area contributed by atoms with Crippen LogP contribution in [0.15, 0.2) is 74.9 Å². The lowest BCUT2D eigenvalue weighted by Crippen LogP contribution is -2.19. The lowest BCUT2D eigenvalue weighted by molar-refractivity contribution is -0.115. The molecule has 0 saturated heterocycles. The van der Waals surface area contributed by atoms with E-state index in [1.54, 1.807) is 18.4 Å². The Kier molecular flexibility index (Phi) is 5.92. The molecular formula is C22H18ClN3O3S. The van der Waals surface area contributed by atoms with E-state index in [4.69, 9.17) is 20.4 Å². The van der Waals surface area contributed by atoms with Crippen molar-refractivity contribution in [3.8, 4) is 11.5 Å². The molecule has 2 aromatic heterocycles. The summed E-state index contributed by atoms with van der Waals surface area (Å²) in [5.41, 5.74) is 3.11. The smallest absolute Gasteiger partial charge is 0.277 e. The van der Waals surface area contributed by atoms with Gasteiger partial charge in [0.25, 0.3) is 11.1 Å².